The highest BCUT2D eigenvalue weighted by molar-refractivity contribution is 9.10. The smallest absolute Gasteiger partial charge is 0.170 e. The molecule has 0 heterocycles. The van der Waals surface area contributed by atoms with Crippen LogP contribution in [0.15, 0.2) is 34.8 Å². The SMILES string of the molecule is O=C(Cc1ccc(Cl)c(Cl)c1)c1cc(F)c(Br)cc1F. The van der Waals surface area contributed by atoms with E-state index >= 15 is 0 Å². The Morgan fingerprint density at radius 1 is 1.05 bits per heavy atom. The number of carbonyl (C=O) groups excluding carboxylic acids is 1. The number of hydrogen-bond donors (Lipinski definition) is 0. The Labute approximate surface area is 132 Å². The van der Waals surface area contributed by atoms with Gasteiger partial charge in [0.1, 0.15) is 11.6 Å². The van der Waals surface area contributed by atoms with Crippen molar-refractivity contribution in [3.05, 3.63) is 67.6 Å². The molecule has 0 aromatic heterocycles. The van der Waals surface area contributed by atoms with Gasteiger partial charge >= 0.3 is 0 Å². The van der Waals surface area contributed by atoms with Crippen molar-refractivity contribution in [2.75, 3.05) is 0 Å². The Morgan fingerprint density at radius 3 is 2.40 bits per heavy atom. The van der Waals surface area contributed by atoms with Crippen molar-refractivity contribution in [2.45, 2.75) is 6.42 Å². The molecule has 0 aliphatic heterocycles. The first kappa shape index (κ1) is 15.4. The maximum atomic E-state index is 13.7. The Kier molecular flexibility index (Phi) is 4.78. The van der Waals surface area contributed by atoms with Crippen LogP contribution in [-0.4, -0.2) is 5.78 Å². The predicted octanol–water partition coefficient (Wildman–Crippen LogP) is 5.46. The fourth-order valence-electron chi connectivity index (χ4n) is 1.67. The maximum absolute atomic E-state index is 13.7. The van der Waals surface area contributed by atoms with Gasteiger partial charge in [0.2, 0.25) is 0 Å². The molecule has 0 radical (unpaired) electrons. The largest absolute Gasteiger partial charge is 0.294 e. The Hall–Kier alpha value is -0.970. The molecule has 20 heavy (non-hydrogen) atoms. The predicted molar refractivity (Wildman–Crippen MR) is 78.6 cm³/mol. The van der Waals surface area contributed by atoms with Gasteiger partial charge in [-0.3, -0.25) is 4.79 Å². The molecule has 1 nitrogen and oxygen atoms in total. The maximum Gasteiger partial charge on any atom is 0.170 e. The lowest BCUT2D eigenvalue weighted by Gasteiger charge is -2.05. The molecule has 0 aliphatic carbocycles. The summed E-state index contributed by atoms with van der Waals surface area (Å²) in [5.41, 5.74) is 0.281. The zero-order valence-electron chi connectivity index (χ0n) is 9.89. The summed E-state index contributed by atoms with van der Waals surface area (Å²) in [6, 6.07) is 6.48. The van der Waals surface area contributed by atoms with Gasteiger partial charge in [-0.05, 0) is 45.8 Å². The van der Waals surface area contributed by atoms with Crippen LogP contribution < -0.4 is 0 Å². The Bertz CT molecular complexity index is 689. The van der Waals surface area contributed by atoms with Gasteiger partial charge in [0.05, 0.1) is 20.1 Å². The van der Waals surface area contributed by atoms with Crippen molar-refractivity contribution in [2.24, 2.45) is 0 Å². The molecule has 2 aromatic carbocycles. The molecule has 0 saturated heterocycles. The van der Waals surface area contributed by atoms with Crippen molar-refractivity contribution in [1.29, 1.82) is 0 Å². The Balaban J connectivity index is 2.28. The van der Waals surface area contributed by atoms with E-state index in [4.69, 9.17) is 23.2 Å². The number of carbonyl (C=O) groups is 1. The highest BCUT2D eigenvalue weighted by atomic mass is 79.9. The lowest BCUT2D eigenvalue weighted by Crippen LogP contribution is -2.07. The average molecular weight is 380 g/mol. The third kappa shape index (κ3) is 3.37. The number of ketones is 1. The lowest BCUT2D eigenvalue weighted by atomic mass is 10.0. The molecule has 0 unspecified atom stereocenters. The van der Waals surface area contributed by atoms with Gasteiger partial charge in [0, 0.05) is 6.42 Å². The number of rotatable bonds is 3. The summed E-state index contributed by atoms with van der Waals surface area (Å²) in [5, 5.41) is 0.670. The molecule has 0 spiro atoms. The highest BCUT2D eigenvalue weighted by Crippen LogP contribution is 2.24. The number of Topliss-reactive ketones (excluding diaryl/α,β-unsaturated/α-hetero) is 1. The Morgan fingerprint density at radius 2 is 1.75 bits per heavy atom. The normalized spacial score (nSPS) is 10.7. The number of benzene rings is 2. The van der Waals surface area contributed by atoms with Gasteiger partial charge in [-0.15, -0.1) is 0 Å². The standard InChI is InChI=1S/C14H7BrCl2F2O/c15-9-6-12(18)8(5-13(9)19)14(20)4-7-1-2-10(16)11(17)3-7/h1-3,5-6H,4H2. The van der Waals surface area contributed by atoms with E-state index in [2.05, 4.69) is 15.9 Å². The van der Waals surface area contributed by atoms with Crippen LogP contribution in [0.3, 0.4) is 0 Å². The molecule has 0 amide bonds. The minimum atomic E-state index is -0.775. The lowest BCUT2D eigenvalue weighted by molar-refractivity contribution is 0.0988. The summed E-state index contributed by atoms with van der Waals surface area (Å²) in [5.74, 6) is -2.00. The van der Waals surface area contributed by atoms with E-state index in [1.54, 1.807) is 12.1 Å². The topological polar surface area (TPSA) is 17.1 Å². The van der Waals surface area contributed by atoms with E-state index in [0.29, 0.717) is 15.6 Å². The molecule has 0 bridgehead atoms. The summed E-state index contributed by atoms with van der Waals surface area (Å²) in [7, 11) is 0. The summed E-state index contributed by atoms with van der Waals surface area (Å²) >= 11 is 14.5. The minimum absolute atomic E-state index is 0.0268. The number of halogens is 5. The van der Waals surface area contributed by atoms with E-state index < -0.39 is 17.4 Å². The van der Waals surface area contributed by atoms with Crippen LogP contribution >= 0.6 is 39.1 Å². The molecule has 2 rings (SSSR count). The van der Waals surface area contributed by atoms with Crippen LogP contribution in [0.4, 0.5) is 8.78 Å². The first-order valence-electron chi connectivity index (χ1n) is 5.50. The second kappa shape index (κ2) is 6.20. The molecule has 0 N–H and O–H groups in total. The zero-order chi connectivity index (χ0) is 14.9. The highest BCUT2D eigenvalue weighted by Gasteiger charge is 2.16. The van der Waals surface area contributed by atoms with Crippen molar-refractivity contribution >= 4 is 44.9 Å². The molecule has 6 heteroatoms. The number of hydrogen-bond acceptors (Lipinski definition) is 1. The van der Waals surface area contributed by atoms with E-state index in [1.807, 2.05) is 0 Å². The van der Waals surface area contributed by atoms with Crippen LogP contribution in [0.2, 0.25) is 10.0 Å². The van der Waals surface area contributed by atoms with Gasteiger partial charge in [-0.2, -0.15) is 0 Å². The molecule has 104 valence electrons. The van der Waals surface area contributed by atoms with E-state index in [0.717, 1.165) is 12.1 Å². The van der Waals surface area contributed by atoms with Crippen LogP contribution in [0.1, 0.15) is 15.9 Å². The molecule has 0 saturated carbocycles. The molecule has 0 fully saturated rings. The van der Waals surface area contributed by atoms with Crippen molar-refractivity contribution in [1.82, 2.24) is 0 Å². The summed E-state index contributed by atoms with van der Waals surface area (Å²) in [4.78, 5) is 12.0. The fraction of sp³-hybridized carbons (Fsp3) is 0.0714. The van der Waals surface area contributed by atoms with Crippen molar-refractivity contribution in [3.63, 3.8) is 0 Å². The van der Waals surface area contributed by atoms with Crippen LogP contribution in [-0.2, 0) is 6.42 Å². The monoisotopic (exact) mass is 378 g/mol. The van der Waals surface area contributed by atoms with Crippen LogP contribution in [0, 0.1) is 11.6 Å². The minimum Gasteiger partial charge on any atom is -0.294 e. The second-order valence-corrected chi connectivity index (χ2v) is 5.76. The van der Waals surface area contributed by atoms with E-state index in [1.165, 1.54) is 6.07 Å². The second-order valence-electron chi connectivity index (χ2n) is 4.09. The fourth-order valence-corrected chi connectivity index (χ4v) is 2.30. The molecular weight excluding hydrogens is 373 g/mol. The van der Waals surface area contributed by atoms with E-state index in [9.17, 15) is 13.6 Å². The average Bonchev–Trinajstić information content (AvgIpc) is 2.38. The van der Waals surface area contributed by atoms with Crippen molar-refractivity contribution in [3.8, 4) is 0 Å². The summed E-state index contributed by atoms with van der Waals surface area (Å²) < 4.78 is 27.0. The third-order valence-electron chi connectivity index (χ3n) is 2.66. The zero-order valence-corrected chi connectivity index (χ0v) is 13.0. The first-order chi connectivity index (χ1) is 9.38. The van der Waals surface area contributed by atoms with Crippen LogP contribution in [0.5, 0.6) is 0 Å². The molecule has 0 atom stereocenters. The van der Waals surface area contributed by atoms with Gasteiger partial charge in [-0.1, -0.05) is 29.3 Å². The van der Waals surface area contributed by atoms with Crippen LogP contribution in [0.25, 0.3) is 0 Å². The summed E-state index contributed by atoms with van der Waals surface area (Å²) in [6.07, 6.45) is -0.0884. The quantitative estimate of drug-likeness (QED) is 0.511. The van der Waals surface area contributed by atoms with Gasteiger partial charge in [0.15, 0.2) is 5.78 Å². The molecule has 2 aromatic rings. The third-order valence-corrected chi connectivity index (χ3v) is 4.01. The van der Waals surface area contributed by atoms with E-state index in [-0.39, 0.29) is 16.5 Å². The molecular formula is C14H7BrCl2F2O. The van der Waals surface area contributed by atoms with Gasteiger partial charge < -0.3 is 0 Å². The first-order valence-corrected chi connectivity index (χ1v) is 7.05. The summed E-state index contributed by atoms with van der Waals surface area (Å²) in [6.45, 7) is 0. The van der Waals surface area contributed by atoms with Crippen molar-refractivity contribution < 1.29 is 13.6 Å². The molecule has 0 aliphatic rings. The van der Waals surface area contributed by atoms with Gasteiger partial charge in [0.25, 0.3) is 0 Å². The van der Waals surface area contributed by atoms with Gasteiger partial charge in [-0.25, -0.2) is 8.78 Å².